The van der Waals surface area contributed by atoms with Crippen LogP contribution in [0.3, 0.4) is 0 Å². The van der Waals surface area contributed by atoms with Crippen molar-refractivity contribution in [3.05, 3.63) is 135 Å². The van der Waals surface area contributed by atoms with Gasteiger partial charge in [-0.3, -0.25) is 24.0 Å². The summed E-state index contributed by atoms with van der Waals surface area (Å²) in [6.45, 7) is 1.48. The Hall–Kier alpha value is -5.80. The molecule has 7 rings (SSSR count). The molecule has 0 unspecified atom stereocenters. The van der Waals surface area contributed by atoms with Crippen LogP contribution in [0.25, 0.3) is 27.2 Å². The maximum Gasteiger partial charge on any atom is 1.00 e. The number of hydrogen-bond donors (Lipinski definition) is 4. The molecule has 0 atom stereocenters. The number of rotatable bonds is 8. The van der Waals surface area contributed by atoms with Crippen LogP contribution in [0, 0.1) is 17.0 Å². The predicted molar refractivity (Wildman–Crippen MR) is 205 cm³/mol. The molecule has 0 saturated carbocycles. The Morgan fingerprint density at radius 2 is 1.41 bits per heavy atom. The molecule has 0 amide bonds. The predicted octanol–water partition coefficient (Wildman–Crippen LogP) is 1.99. The van der Waals surface area contributed by atoms with Crippen molar-refractivity contribution in [3.63, 3.8) is 0 Å². The SMILES string of the molecule is Cc1[n-]n(-c2ccc(S(=O)(=O)O)cc2)c(=O)c1N=Nc1cc([N+](=O)[O-])ccc1O.O=S(=O)(O)c1cc([OH2+])c([NH+]=Nc2c([OH2+])ccc3ccccc23)c2ccccc12.[Cr].[Na+]. The van der Waals surface area contributed by atoms with Crippen LogP contribution in [0.5, 0.6) is 17.2 Å². The number of nitro groups is 1. The quantitative estimate of drug-likeness (QED) is 0.0427. The topological polar surface area (TPSA) is 305 Å². The van der Waals surface area contributed by atoms with E-state index in [2.05, 4.69) is 25.6 Å². The minimum absolute atomic E-state index is 0. The van der Waals surface area contributed by atoms with Gasteiger partial charge in [0.25, 0.3) is 37.2 Å². The van der Waals surface area contributed by atoms with Crippen LogP contribution < -0.4 is 45.3 Å². The number of aromatic hydroxyl groups is 1. The van der Waals surface area contributed by atoms with Crippen LogP contribution in [-0.2, 0) is 37.6 Å². The van der Waals surface area contributed by atoms with Gasteiger partial charge in [-0.05, 0) is 47.9 Å². The number of phenols is 1. The van der Waals surface area contributed by atoms with Crippen LogP contribution in [0.1, 0.15) is 5.69 Å². The van der Waals surface area contributed by atoms with Gasteiger partial charge in [-0.1, -0.05) is 54.5 Å². The van der Waals surface area contributed by atoms with Gasteiger partial charge in [-0.25, -0.2) is 0 Å². The number of hydrogen-bond acceptors (Lipinski definition) is 11. The molecule has 1 heterocycles. The normalized spacial score (nSPS) is 11.6. The first kappa shape index (κ1) is 45.9. The third kappa shape index (κ3) is 10.1. The van der Waals surface area contributed by atoms with E-state index >= 15 is 0 Å². The summed E-state index contributed by atoms with van der Waals surface area (Å²) in [6, 6.07) is 26.5. The number of nitrogens with zero attached hydrogens (tertiary/aromatic N) is 6. The molecule has 1 aromatic heterocycles. The van der Waals surface area contributed by atoms with Gasteiger partial charge in [0.2, 0.25) is 5.69 Å². The summed E-state index contributed by atoms with van der Waals surface area (Å²) in [5.74, 6) is -0.281. The third-order valence-electron chi connectivity index (χ3n) is 8.26. The van der Waals surface area contributed by atoms with Crippen molar-refractivity contribution < 1.29 is 98.2 Å². The molecule has 0 bridgehead atoms. The second-order valence-electron chi connectivity index (χ2n) is 12.0. The first-order valence-corrected chi connectivity index (χ1v) is 19.0. The first-order valence-electron chi connectivity index (χ1n) is 16.1. The molecule has 0 aliphatic heterocycles. The largest absolute Gasteiger partial charge is 1.00 e. The summed E-state index contributed by atoms with van der Waals surface area (Å²) in [7, 11) is -8.86. The average Bonchev–Trinajstić information content (AvgIpc) is 3.45. The van der Waals surface area contributed by atoms with E-state index in [0.29, 0.717) is 11.1 Å². The van der Waals surface area contributed by atoms with Gasteiger partial charge in [-0.2, -0.15) is 16.8 Å². The van der Waals surface area contributed by atoms with Crippen molar-refractivity contribution >= 4 is 70.2 Å². The number of nitro benzene ring substituents is 1. The number of fused-ring (bicyclic) bond motifs is 2. The minimum atomic E-state index is -4.48. The molecule has 7 aromatic rings. The Morgan fingerprint density at radius 3 is 2.03 bits per heavy atom. The smallest absolute Gasteiger partial charge is 0.592 e. The average molecular weight is 891 g/mol. The van der Waals surface area contributed by atoms with Crippen LogP contribution in [0.15, 0.2) is 139 Å². The number of benzene rings is 6. The molecule has 23 heteroatoms. The van der Waals surface area contributed by atoms with Crippen LogP contribution in [0.4, 0.5) is 28.4 Å². The number of azo groups is 2. The second kappa shape index (κ2) is 18.4. The zero-order chi connectivity index (χ0) is 41.2. The third-order valence-corrected chi connectivity index (χ3v) is 10.0. The molecular weight excluding hydrogens is 862 g/mol. The van der Waals surface area contributed by atoms with Crippen LogP contribution in [0.2, 0.25) is 0 Å². The van der Waals surface area contributed by atoms with Gasteiger partial charge in [0.15, 0.2) is 0 Å². The number of non-ortho nitro benzene ring substituents is 1. The Morgan fingerprint density at radius 1 is 0.780 bits per heavy atom. The molecule has 0 saturated heterocycles. The van der Waals surface area contributed by atoms with Crippen LogP contribution in [-0.4, -0.2) is 50.9 Å². The zero-order valence-corrected chi connectivity index (χ0v) is 35.4. The van der Waals surface area contributed by atoms with E-state index in [1.165, 1.54) is 19.1 Å². The fourth-order valence-electron chi connectivity index (χ4n) is 5.52. The van der Waals surface area contributed by atoms with E-state index in [9.17, 15) is 41.4 Å². The summed E-state index contributed by atoms with van der Waals surface area (Å²) < 4.78 is 65.0. The van der Waals surface area contributed by atoms with Gasteiger partial charge < -0.3 is 25.1 Å². The van der Waals surface area contributed by atoms with E-state index in [1.54, 1.807) is 30.3 Å². The van der Waals surface area contributed by atoms with E-state index in [0.717, 1.165) is 51.9 Å². The monoisotopic (exact) mass is 890 g/mol. The number of aromatic nitrogens is 2. The molecule has 0 spiro atoms. The Bertz CT molecular complexity index is 3090. The molecule has 19 nitrogen and oxygen atoms in total. The van der Waals surface area contributed by atoms with Crippen molar-refractivity contribution in [1.82, 2.24) is 9.78 Å². The van der Waals surface area contributed by atoms with Crippen molar-refractivity contribution in [2.75, 3.05) is 0 Å². The number of nitrogens with one attached hydrogen (secondary N) is 1. The van der Waals surface area contributed by atoms with Gasteiger partial charge in [0.1, 0.15) is 22.0 Å². The molecule has 0 radical (unpaired) electrons. The number of phenolic OH excluding ortho intramolecular Hbond substituents is 1. The fraction of sp³-hybridized carbons (Fsp3) is 0.0278. The van der Waals surface area contributed by atoms with E-state index < -0.39 is 30.7 Å². The minimum Gasteiger partial charge on any atom is -0.592 e. The molecule has 0 aliphatic rings. The summed E-state index contributed by atoms with van der Waals surface area (Å²) in [5, 5.41) is 58.0. The molecule has 0 fully saturated rings. The summed E-state index contributed by atoms with van der Waals surface area (Å²) >= 11 is 0. The maximum atomic E-state index is 12.6. The molecular formula is C36H29CrN7NaO12S2+3. The van der Waals surface area contributed by atoms with E-state index in [1.807, 2.05) is 30.3 Å². The Kier molecular flexibility index (Phi) is 14.3. The van der Waals surface area contributed by atoms with Crippen molar-refractivity contribution in [1.29, 1.82) is 0 Å². The van der Waals surface area contributed by atoms with Crippen LogP contribution >= 0.6 is 0 Å². The Labute approximate surface area is 366 Å². The molecule has 8 N–H and O–H groups in total. The van der Waals surface area contributed by atoms with Gasteiger partial charge >= 0.3 is 41.0 Å². The van der Waals surface area contributed by atoms with Gasteiger partial charge in [0, 0.05) is 57.1 Å². The molecule has 6 aromatic carbocycles. The van der Waals surface area contributed by atoms with Crippen molar-refractivity contribution in [2.24, 2.45) is 15.3 Å². The Balaban J connectivity index is 0.000000252. The summed E-state index contributed by atoms with van der Waals surface area (Å²) in [6.07, 6.45) is 0. The van der Waals surface area contributed by atoms with Gasteiger partial charge in [-0.15, -0.1) is 15.9 Å². The van der Waals surface area contributed by atoms with E-state index in [4.69, 9.17) is 14.8 Å². The molecule has 59 heavy (non-hydrogen) atoms. The number of aryl methyl sites for hydroxylation is 1. The molecule has 0 aliphatic carbocycles. The van der Waals surface area contributed by atoms with Crippen molar-refractivity contribution in [2.45, 2.75) is 16.7 Å². The zero-order valence-electron chi connectivity index (χ0n) is 30.5. The maximum absolute atomic E-state index is 12.6. The molecule has 296 valence electrons. The summed E-state index contributed by atoms with van der Waals surface area (Å²) in [5.41, 5.74) is -0.275. The summed E-state index contributed by atoms with van der Waals surface area (Å²) in [4.78, 5) is 22.0. The standard InChI is InChI=1S/C20H14N2O5S.C16H13N5O7S.Cr.Na/c23-16-10-9-12-5-1-2-6-13(12)19(16)21-22-20-15-8-4-3-7-14(15)18(11-17(20)24)28(25,26)27;1-9-15(18-17-13-8-11(21(24)25)4-7-14(13)22)16(23)20(19-9)10-2-5-12(6-3-10)29(26,27)28;;/h1-11,23-24H,(H,25,26,27);2-8H,1H3,(H3,17,18,19,22,23,26,27,28);;/q;;;+1/p+2. The van der Waals surface area contributed by atoms with E-state index in [-0.39, 0.29) is 113 Å². The fourth-order valence-corrected chi connectivity index (χ4v) is 6.72. The van der Waals surface area contributed by atoms with Crippen molar-refractivity contribution in [3.8, 4) is 22.9 Å². The van der Waals surface area contributed by atoms with Gasteiger partial charge in [0.05, 0.1) is 21.3 Å². The second-order valence-corrected chi connectivity index (χ2v) is 14.8. The first-order chi connectivity index (χ1) is 26.9.